The predicted molar refractivity (Wildman–Crippen MR) is 48.0 cm³/mol. The molecular weight excluding hydrogens is 218 g/mol. The van der Waals surface area contributed by atoms with Gasteiger partial charge in [0.15, 0.2) is 5.75 Å². The molecule has 0 atom stereocenters. The summed E-state index contributed by atoms with van der Waals surface area (Å²) < 4.78 is 33.1. The highest BCUT2D eigenvalue weighted by Gasteiger charge is 2.10. The standard InChI is InChI=1S/C6H6ClNO4S/c7-5-2-1-4(8)3-6(5)12-13(9,10)11/h1-3H,8H2,(H,9,10,11). The van der Waals surface area contributed by atoms with Crippen LogP contribution in [-0.4, -0.2) is 13.0 Å². The van der Waals surface area contributed by atoms with Gasteiger partial charge >= 0.3 is 10.4 Å². The molecule has 13 heavy (non-hydrogen) atoms. The third-order valence-electron chi connectivity index (χ3n) is 1.15. The van der Waals surface area contributed by atoms with Crippen LogP contribution in [0.2, 0.25) is 5.02 Å². The summed E-state index contributed by atoms with van der Waals surface area (Å²) in [5.41, 5.74) is 5.61. The number of halogens is 1. The van der Waals surface area contributed by atoms with Gasteiger partial charge in [0.25, 0.3) is 0 Å². The lowest BCUT2D eigenvalue weighted by Crippen LogP contribution is -2.07. The largest absolute Gasteiger partial charge is 0.446 e. The average molecular weight is 224 g/mol. The van der Waals surface area contributed by atoms with Crippen molar-refractivity contribution in [3.63, 3.8) is 0 Å². The van der Waals surface area contributed by atoms with E-state index in [0.29, 0.717) is 0 Å². The number of nitrogens with two attached hydrogens (primary N) is 1. The average Bonchev–Trinajstić information content (AvgIpc) is 1.94. The maximum atomic E-state index is 10.3. The van der Waals surface area contributed by atoms with E-state index in [1.165, 1.54) is 18.2 Å². The minimum atomic E-state index is -4.56. The van der Waals surface area contributed by atoms with Crippen LogP contribution in [0, 0.1) is 0 Å². The highest BCUT2D eigenvalue weighted by molar-refractivity contribution is 7.81. The second kappa shape index (κ2) is 3.41. The van der Waals surface area contributed by atoms with E-state index < -0.39 is 10.4 Å². The van der Waals surface area contributed by atoms with Crippen molar-refractivity contribution in [2.45, 2.75) is 0 Å². The first-order valence-electron chi connectivity index (χ1n) is 3.10. The van der Waals surface area contributed by atoms with Gasteiger partial charge in [0.05, 0.1) is 5.02 Å². The van der Waals surface area contributed by atoms with Gasteiger partial charge in [-0.3, -0.25) is 4.55 Å². The van der Waals surface area contributed by atoms with Crippen molar-refractivity contribution < 1.29 is 17.2 Å². The zero-order valence-electron chi connectivity index (χ0n) is 6.27. The van der Waals surface area contributed by atoms with E-state index in [-0.39, 0.29) is 16.5 Å². The van der Waals surface area contributed by atoms with Crippen LogP contribution < -0.4 is 9.92 Å². The fourth-order valence-corrected chi connectivity index (χ4v) is 1.26. The van der Waals surface area contributed by atoms with Gasteiger partial charge in [0, 0.05) is 11.8 Å². The molecule has 0 heterocycles. The zero-order valence-corrected chi connectivity index (χ0v) is 7.84. The smallest absolute Gasteiger partial charge is 0.399 e. The summed E-state index contributed by atoms with van der Waals surface area (Å²) in [5, 5.41) is 0.0480. The lowest BCUT2D eigenvalue weighted by molar-refractivity contribution is 0.387. The Bertz CT molecular complexity index is 417. The highest BCUT2D eigenvalue weighted by Crippen LogP contribution is 2.27. The minimum absolute atomic E-state index is 0.0480. The van der Waals surface area contributed by atoms with Crippen LogP contribution in [0.5, 0.6) is 5.75 Å². The molecule has 0 fully saturated rings. The topological polar surface area (TPSA) is 89.6 Å². The summed E-state index contributed by atoms with van der Waals surface area (Å²) >= 11 is 5.55. The molecule has 0 saturated carbocycles. The number of nitrogen functional groups attached to an aromatic ring is 1. The Morgan fingerprint density at radius 3 is 2.62 bits per heavy atom. The van der Waals surface area contributed by atoms with E-state index in [9.17, 15) is 8.42 Å². The number of rotatable bonds is 2. The first-order chi connectivity index (χ1) is 5.88. The molecule has 3 N–H and O–H groups in total. The van der Waals surface area contributed by atoms with Crippen LogP contribution in [0.1, 0.15) is 0 Å². The molecule has 7 heteroatoms. The van der Waals surface area contributed by atoms with E-state index in [2.05, 4.69) is 4.18 Å². The molecule has 0 radical (unpaired) electrons. The van der Waals surface area contributed by atoms with Crippen LogP contribution >= 0.6 is 11.6 Å². The van der Waals surface area contributed by atoms with Gasteiger partial charge in [-0.15, -0.1) is 0 Å². The molecular formula is C6H6ClNO4S. The van der Waals surface area contributed by atoms with Crippen LogP contribution in [0.3, 0.4) is 0 Å². The van der Waals surface area contributed by atoms with E-state index in [0.717, 1.165) is 0 Å². The molecule has 1 rings (SSSR count). The molecule has 1 aromatic carbocycles. The first kappa shape index (κ1) is 10.1. The number of hydrogen-bond donors (Lipinski definition) is 2. The lowest BCUT2D eigenvalue weighted by atomic mass is 10.3. The second-order valence-electron chi connectivity index (χ2n) is 2.20. The van der Waals surface area contributed by atoms with E-state index in [4.69, 9.17) is 21.9 Å². The van der Waals surface area contributed by atoms with Gasteiger partial charge in [0.1, 0.15) is 0 Å². The molecule has 0 aromatic heterocycles. The fourth-order valence-electron chi connectivity index (χ4n) is 0.697. The Labute approximate surface area is 80.0 Å². The normalized spacial score (nSPS) is 11.2. The van der Waals surface area contributed by atoms with Crippen LogP contribution in [-0.2, 0) is 10.4 Å². The van der Waals surface area contributed by atoms with Gasteiger partial charge < -0.3 is 9.92 Å². The Hall–Kier alpha value is -0.980. The van der Waals surface area contributed by atoms with Gasteiger partial charge in [-0.05, 0) is 12.1 Å². The van der Waals surface area contributed by atoms with Crippen LogP contribution in [0.15, 0.2) is 18.2 Å². The predicted octanol–water partition coefficient (Wildman–Crippen LogP) is 1.10. The van der Waals surface area contributed by atoms with E-state index in [1.54, 1.807) is 0 Å². The third kappa shape index (κ3) is 3.10. The van der Waals surface area contributed by atoms with Gasteiger partial charge in [-0.1, -0.05) is 11.6 Å². The quantitative estimate of drug-likeness (QED) is 0.579. The Balaban J connectivity index is 3.08. The van der Waals surface area contributed by atoms with E-state index >= 15 is 0 Å². The van der Waals surface area contributed by atoms with Crippen molar-refractivity contribution in [1.29, 1.82) is 0 Å². The molecule has 0 aliphatic rings. The van der Waals surface area contributed by atoms with Crippen molar-refractivity contribution in [3.05, 3.63) is 23.2 Å². The van der Waals surface area contributed by atoms with Crippen LogP contribution in [0.4, 0.5) is 5.69 Å². The molecule has 0 amide bonds. The summed E-state index contributed by atoms with van der Waals surface area (Å²) in [6.07, 6.45) is 0. The minimum Gasteiger partial charge on any atom is -0.399 e. The molecule has 0 bridgehead atoms. The third-order valence-corrected chi connectivity index (χ3v) is 1.85. The summed E-state index contributed by atoms with van der Waals surface area (Å²) in [4.78, 5) is 0. The maximum absolute atomic E-state index is 10.3. The van der Waals surface area contributed by atoms with Crippen LogP contribution in [0.25, 0.3) is 0 Å². The lowest BCUT2D eigenvalue weighted by Gasteiger charge is -2.03. The SMILES string of the molecule is Nc1ccc(Cl)c(OS(=O)(=O)O)c1. The Morgan fingerprint density at radius 2 is 2.08 bits per heavy atom. The van der Waals surface area contributed by atoms with Crippen molar-refractivity contribution in [1.82, 2.24) is 0 Å². The fraction of sp³-hybridized carbons (Fsp3) is 0. The summed E-state index contributed by atoms with van der Waals surface area (Å²) in [5.74, 6) is -0.204. The molecule has 0 unspecified atom stereocenters. The van der Waals surface area contributed by atoms with Gasteiger partial charge in [-0.25, -0.2) is 0 Å². The van der Waals surface area contributed by atoms with Crippen molar-refractivity contribution >= 4 is 27.7 Å². The molecule has 1 aromatic rings. The zero-order chi connectivity index (χ0) is 10.1. The monoisotopic (exact) mass is 223 g/mol. The number of benzene rings is 1. The van der Waals surface area contributed by atoms with Gasteiger partial charge in [-0.2, -0.15) is 8.42 Å². The summed E-state index contributed by atoms with van der Waals surface area (Å²) in [7, 11) is -4.56. The first-order valence-corrected chi connectivity index (χ1v) is 4.85. The van der Waals surface area contributed by atoms with Crippen molar-refractivity contribution in [3.8, 4) is 5.75 Å². The Kier molecular flexibility index (Phi) is 2.65. The molecule has 72 valence electrons. The van der Waals surface area contributed by atoms with E-state index in [1.807, 2.05) is 0 Å². The second-order valence-corrected chi connectivity index (χ2v) is 3.63. The number of hydrogen-bond acceptors (Lipinski definition) is 4. The summed E-state index contributed by atoms with van der Waals surface area (Å²) in [6.45, 7) is 0. The van der Waals surface area contributed by atoms with Crippen molar-refractivity contribution in [2.24, 2.45) is 0 Å². The summed E-state index contributed by atoms with van der Waals surface area (Å²) in [6, 6.07) is 4.02. The van der Waals surface area contributed by atoms with Crippen molar-refractivity contribution in [2.75, 3.05) is 5.73 Å². The maximum Gasteiger partial charge on any atom is 0.446 e. The highest BCUT2D eigenvalue weighted by atomic mass is 35.5. The Morgan fingerprint density at radius 1 is 1.46 bits per heavy atom. The molecule has 0 aliphatic carbocycles. The molecule has 0 aliphatic heterocycles. The molecule has 0 spiro atoms. The number of anilines is 1. The van der Waals surface area contributed by atoms with Gasteiger partial charge in [0.2, 0.25) is 0 Å². The molecule has 5 nitrogen and oxygen atoms in total. The molecule has 0 saturated heterocycles.